The Kier molecular flexibility index (Phi) is 8.99. The third-order valence-electron chi connectivity index (χ3n) is 10.5. The Morgan fingerprint density at radius 1 is 0.889 bits per heavy atom. The molecule has 202 valence electrons. The van der Waals surface area contributed by atoms with Crippen LogP contribution in [0.1, 0.15) is 124 Å². The Bertz CT molecular complexity index is 846. The summed E-state index contributed by atoms with van der Waals surface area (Å²) in [5.41, 5.74) is 1.56. The van der Waals surface area contributed by atoms with E-state index in [1.54, 1.807) is 0 Å². The monoisotopic (exact) mass is 500 g/mol. The van der Waals surface area contributed by atoms with E-state index in [0.29, 0.717) is 36.4 Å². The van der Waals surface area contributed by atoms with E-state index < -0.39 is 5.97 Å². The van der Waals surface area contributed by atoms with Crippen LogP contribution in [0.15, 0.2) is 11.6 Å². The zero-order valence-corrected chi connectivity index (χ0v) is 22.9. The number of carbonyl (C=O) groups excluding carboxylic acids is 3. The Morgan fingerprint density at radius 2 is 1.64 bits per heavy atom. The molecule has 0 heterocycles. The fourth-order valence-electron chi connectivity index (χ4n) is 8.34. The van der Waals surface area contributed by atoms with Crippen molar-refractivity contribution in [3.8, 4) is 0 Å². The van der Waals surface area contributed by atoms with E-state index in [-0.39, 0.29) is 29.5 Å². The standard InChI is InChI=1S/C31H48O5/c1-4-5-6-7-8-9-10-11-28(33)35-21-29(34)36-27-15-14-25-24-13-12-22-20-23(32)16-18-30(22,2)26(24)17-19-31(25,27)3/h20,24-27H,4-19,21H2,1-3H3/t24-,25-,26-,27-,30-,31-/m0/s1. The van der Waals surface area contributed by atoms with Crippen molar-refractivity contribution in [3.05, 3.63) is 11.6 Å². The lowest BCUT2D eigenvalue weighted by Gasteiger charge is -2.57. The van der Waals surface area contributed by atoms with Gasteiger partial charge in [0.2, 0.25) is 0 Å². The number of allylic oxidation sites excluding steroid dienone is 1. The predicted octanol–water partition coefficient (Wildman–Crippen LogP) is 7.11. The molecule has 0 unspecified atom stereocenters. The minimum Gasteiger partial charge on any atom is -0.459 e. The van der Waals surface area contributed by atoms with Gasteiger partial charge < -0.3 is 9.47 Å². The van der Waals surface area contributed by atoms with Crippen LogP contribution >= 0.6 is 0 Å². The highest BCUT2D eigenvalue weighted by Crippen LogP contribution is 2.65. The summed E-state index contributed by atoms with van der Waals surface area (Å²) >= 11 is 0. The van der Waals surface area contributed by atoms with Gasteiger partial charge in [0.05, 0.1) is 0 Å². The topological polar surface area (TPSA) is 69.7 Å². The quantitative estimate of drug-likeness (QED) is 0.223. The van der Waals surface area contributed by atoms with Crippen LogP contribution in [-0.2, 0) is 23.9 Å². The molecule has 0 amide bonds. The first-order chi connectivity index (χ1) is 17.3. The number of ether oxygens (including phenoxy) is 2. The van der Waals surface area contributed by atoms with Crippen LogP contribution in [0, 0.1) is 28.6 Å². The zero-order valence-electron chi connectivity index (χ0n) is 22.9. The third-order valence-corrected chi connectivity index (χ3v) is 10.5. The molecule has 5 nitrogen and oxygen atoms in total. The smallest absolute Gasteiger partial charge is 0.344 e. The number of fused-ring (bicyclic) bond motifs is 5. The first-order valence-electron chi connectivity index (χ1n) is 14.9. The maximum Gasteiger partial charge on any atom is 0.344 e. The number of unbranched alkanes of at least 4 members (excludes halogenated alkanes) is 6. The van der Waals surface area contributed by atoms with E-state index in [9.17, 15) is 14.4 Å². The molecule has 0 aromatic heterocycles. The minimum absolute atomic E-state index is 0.000670. The first-order valence-corrected chi connectivity index (χ1v) is 14.9. The average molecular weight is 501 g/mol. The summed E-state index contributed by atoms with van der Waals surface area (Å²) in [5, 5.41) is 0. The van der Waals surface area contributed by atoms with Crippen molar-refractivity contribution in [2.45, 2.75) is 130 Å². The maximum absolute atomic E-state index is 12.6. The van der Waals surface area contributed by atoms with Crippen LogP contribution in [0.3, 0.4) is 0 Å². The molecule has 5 heteroatoms. The summed E-state index contributed by atoms with van der Waals surface area (Å²) in [7, 11) is 0. The lowest BCUT2D eigenvalue weighted by molar-refractivity contribution is -0.169. The molecule has 3 fully saturated rings. The van der Waals surface area contributed by atoms with Crippen molar-refractivity contribution in [1.29, 1.82) is 0 Å². The Labute approximate surface area is 218 Å². The highest BCUT2D eigenvalue weighted by atomic mass is 16.6. The van der Waals surface area contributed by atoms with Crippen molar-refractivity contribution >= 4 is 17.7 Å². The van der Waals surface area contributed by atoms with Crippen molar-refractivity contribution in [1.82, 2.24) is 0 Å². The Morgan fingerprint density at radius 3 is 2.42 bits per heavy atom. The molecule has 0 spiro atoms. The second-order valence-corrected chi connectivity index (χ2v) is 12.6. The highest BCUT2D eigenvalue weighted by Gasteiger charge is 2.60. The first kappa shape index (κ1) is 27.4. The van der Waals surface area contributed by atoms with Crippen molar-refractivity contribution < 1.29 is 23.9 Å². The van der Waals surface area contributed by atoms with Crippen LogP contribution in [0.2, 0.25) is 0 Å². The summed E-state index contributed by atoms with van der Waals surface area (Å²) in [6.07, 6.45) is 18.4. The molecule has 0 saturated heterocycles. The average Bonchev–Trinajstić information content (AvgIpc) is 3.18. The lowest BCUT2D eigenvalue weighted by Crippen LogP contribution is -2.51. The highest BCUT2D eigenvalue weighted by molar-refractivity contribution is 5.91. The molecule has 0 aromatic carbocycles. The minimum atomic E-state index is -0.400. The number of carbonyl (C=O) groups is 3. The third kappa shape index (κ3) is 5.75. The molecule has 4 aliphatic rings. The van der Waals surface area contributed by atoms with Gasteiger partial charge in [-0.25, -0.2) is 4.79 Å². The van der Waals surface area contributed by atoms with Gasteiger partial charge in [-0.3, -0.25) is 9.59 Å². The number of hydrogen-bond acceptors (Lipinski definition) is 5. The van der Waals surface area contributed by atoms with Gasteiger partial charge in [-0.05, 0) is 80.6 Å². The molecule has 36 heavy (non-hydrogen) atoms. The molecular formula is C31H48O5. The normalized spacial score (nSPS) is 35.3. The fourth-order valence-corrected chi connectivity index (χ4v) is 8.34. The summed E-state index contributed by atoms with van der Waals surface area (Å²) in [6.45, 7) is 6.67. The molecule has 3 saturated carbocycles. The second-order valence-electron chi connectivity index (χ2n) is 12.6. The van der Waals surface area contributed by atoms with Crippen LogP contribution < -0.4 is 0 Å². The van der Waals surface area contributed by atoms with Gasteiger partial charge in [-0.15, -0.1) is 0 Å². The van der Waals surface area contributed by atoms with Crippen molar-refractivity contribution in [2.24, 2.45) is 28.6 Å². The summed E-state index contributed by atoms with van der Waals surface area (Å²) in [6, 6.07) is 0. The summed E-state index contributed by atoms with van der Waals surface area (Å²) in [4.78, 5) is 36.7. The SMILES string of the molecule is CCCCCCCCCC(=O)OCC(=O)O[C@H]1CC[C@H]2[C@@H]3CCC4=CC(=O)CC[C@]4(C)[C@H]3CC[C@]12C. The van der Waals surface area contributed by atoms with Gasteiger partial charge in [-0.1, -0.05) is 64.9 Å². The Balaban J connectivity index is 1.23. The molecule has 6 atom stereocenters. The van der Waals surface area contributed by atoms with E-state index in [1.807, 2.05) is 6.08 Å². The summed E-state index contributed by atoms with van der Waals surface area (Å²) < 4.78 is 11.2. The van der Waals surface area contributed by atoms with Gasteiger partial charge >= 0.3 is 11.9 Å². The number of ketones is 1. The predicted molar refractivity (Wildman–Crippen MR) is 140 cm³/mol. The second kappa shape index (κ2) is 11.8. The van der Waals surface area contributed by atoms with Crippen LogP contribution in [-0.4, -0.2) is 30.4 Å². The van der Waals surface area contributed by atoms with Gasteiger partial charge in [0.15, 0.2) is 12.4 Å². The Hall–Kier alpha value is -1.65. The van der Waals surface area contributed by atoms with E-state index >= 15 is 0 Å². The zero-order chi connectivity index (χ0) is 25.8. The summed E-state index contributed by atoms with van der Waals surface area (Å²) in [5.74, 6) is 1.45. The fraction of sp³-hybridized carbons (Fsp3) is 0.839. The molecule has 4 aliphatic carbocycles. The van der Waals surface area contributed by atoms with E-state index in [2.05, 4.69) is 20.8 Å². The molecular weight excluding hydrogens is 452 g/mol. The van der Waals surface area contributed by atoms with E-state index in [1.165, 1.54) is 31.3 Å². The van der Waals surface area contributed by atoms with E-state index in [4.69, 9.17) is 9.47 Å². The largest absolute Gasteiger partial charge is 0.459 e. The lowest BCUT2D eigenvalue weighted by atomic mass is 9.47. The van der Waals surface area contributed by atoms with Gasteiger partial charge in [0.1, 0.15) is 6.10 Å². The molecule has 0 aromatic rings. The molecule has 0 N–H and O–H groups in total. The van der Waals surface area contributed by atoms with Crippen molar-refractivity contribution in [3.63, 3.8) is 0 Å². The van der Waals surface area contributed by atoms with Crippen LogP contribution in [0.5, 0.6) is 0 Å². The van der Waals surface area contributed by atoms with Crippen LogP contribution in [0.25, 0.3) is 0 Å². The van der Waals surface area contributed by atoms with Gasteiger partial charge in [0, 0.05) is 18.3 Å². The number of esters is 2. The van der Waals surface area contributed by atoms with Gasteiger partial charge in [-0.2, -0.15) is 0 Å². The molecule has 0 radical (unpaired) electrons. The van der Waals surface area contributed by atoms with Gasteiger partial charge in [0.25, 0.3) is 0 Å². The number of rotatable bonds is 11. The number of hydrogen-bond donors (Lipinski definition) is 0. The maximum atomic E-state index is 12.6. The van der Waals surface area contributed by atoms with Crippen LogP contribution in [0.4, 0.5) is 0 Å². The van der Waals surface area contributed by atoms with E-state index in [0.717, 1.165) is 64.2 Å². The molecule has 0 aliphatic heterocycles. The van der Waals surface area contributed by atoms with Crippen molar-refractivity contribution in [2.75, 3.05) is 6.61 Å². The molecule has 0 bridgehead atoms. The molecule has 4 rings (SSSR count).